The van der Waals surface area contributed by atoms with Crippen molar-refractivity contribution in [3.63, 3.8) is 0 Å². The summed E-state index contributed by atoms with van der Waals surface area (Å²) in [6, 6.07) is 25.0. The number of aryl methyl sites for hydroxylation is 1. The Bertz CT molecular complexity index is 1980. The van der Waals surface area contributed by atoms with Gasteiger partial charge in [0.15, 0.2) is 5.78 Å². The minimum atomic E-state index is -0.736. The summed E-state index contributed by atoms with van der Waals surface area (Å²) in [6.45, 7) is 5.95. The van der Waals surface area contributed by atoms with E-state index in [0.29, 0.717) is 12.2 Å². The number of hydrogen-bond donors (Lipinski definition) is 0. The van der Waals surface area contributed by atoms with Crippen molar-refractivity contribution in [2.75, 3.05) is 0 Å². The lowest BCUT2D eigenvalue weighted by Gasteiger charge is -2.29. The molecule has 6 rings (SSSR count). The van der Waals surface area contributed by atoms with E-state index < -0.39 is 26.6 Å². The number of ether oxygens (including phenoxy) is 1. The third-order valence-corrected chi connectivity index (χ3v) is 8.61. The molecular formula is C35H29Cl3N2O8. The smallest absolute Gasteiger partial charge is 0.270 e. The molecule has 0 radical (unpaired) electrons. The van der Waals surface area contributed by atoms with Gasteiger partial charge in [0.2, 0.25) is 0 Å². The zero-order chi connectivity index (χ0) is 35.2. The van der Waals surface area contributed by atoms with Crippen molar-refractivity contribution in [3.8, 4) is 5.75 Å². The zero-order valence-electron chi connectivity index (χ0n) is 25.9. The highest BCUT2D eigenvalue weighted by atomic mass is 35.5. The predicted octanol–water partition coefficient (Wildman–Crippen LogP) is 10.4. The molecule has 0 bridgehead atoms. The van der Waals surface area contributed by atoms with Crippen LogP contribution in [0.5, 0.6) is 5.75 Å². The maximum atomic E-state index is 13.2. The van der Waals surface area contributed by atoms with Gasteiger partial charge in [-0.15, -0.1) is 0 Å². The van der Waals surface area contributed by atoms with E-state index in [0.717, 1.165) is 29.4 Å². The SMILES string of the molecule is CCC1(C)Oc2ccccc2C1C(=O)c1ccc([N+](=O)[O-])cc1Cl.CCc1cc2ccccc2o1.O=C(Cl)c1ccc([N+](=O)[O-])cc1Cl. The molecule has 2 heterocycles. The molecule has 2 atom stereocenters. The van der Waals surface area contributed by atoms with Crippen LogP contribution in [-0.4, -0.2) is 26.5 Å². The highest BCUT2D eigenvalue weighted by Gasteiger charge is 2.48. The molecule has 0 amide bonds. The Balaban J connectivity index is 0.000000181. The van der Waals surface area contributed by atoms with Gasteiger partial charge in [-0.25, -0.2) is 0 Å². The summed E-state index contributed by atoms with van der Waals surface area (Å²) in [7, 11) is 0. The highest BCUT2D eigenvalue weighted by Crippen LogP contribution is 2.48. The molecular weight excluding hydrogens is 683 g/mol. The number of Topliss-reactive ketones (excluding diaryl/α,β-unsaturated/α-hetero) is 1. The van der Waals surface area contributed by atoms with Crippen molar-refractivity contribution in [2.24, 2.45) is 0 Å². The van der Waals surface area contributed by atoms with Gasteiger partial charge in [-0.05, 0) is 55.3 Å². The third kappa shape index (κ3) is 8.02. The van der Waals surface area contributed by atoms with Crippen molar-refractivity contribution in [2.45, 2.75) is 45.1 Å². The fourth-order valence-corrected chi connectivity index (χ4v) is 5.85. The molecule has 1 aromatic heterocycles. The van der Waals surface area contributed by atoms with Crippen LogP contribution in [0.4, 0.5) is 11.4 Å². The maximum Gasteiger partial charge on any atom is 0.270 e. The Morgan fingerprint density at radius 3 is 1.90 bits per heavy atom. The standard InChI is InChI=1S/C18H16ClNO4.C10H10O.C7H3Cl2NO3/c1-3-18(2)16(13-6-4-5-7-15(13)24-18)17(21)12-9-8-11(20(22)23)10-14(12)19;1-2-9-7-8-5-3-4-6-10(8)11-9;8-6-3-4(10(12)13)1-2-5(6)7(9)11/h4-10,16H,3H2,1-2H3;3-7H,2H2,1H3;1-3H. The normalized spacial score (nSPS) is 16.0. The van der Waals surface area contributed by atoms with E-state index in [4.69, 9.17) is 44.0 Å². The number of halogens is 3. The van der Waals surface area contributed by atoms with E-state index in [2.05, 4.69) is 19.1 Å². The average Bonchev–Trinajstić information content (AvgIpc) is 3.63. The molecule has 1 aliphatic rings. The lowest BCUT2D eigenvalue weighted by atomic mass is 9.78. The van der Waals surface area contributed by atoms with E-state index in [1.807, 2.05) is 56.3 Å². The second kappa shape index (κ2) is 15.4. The number of non-ortho nitro benzene ring substituents is 2. The molecule has 248 valence electrons. The number of benzene rings is 4. The summed E-state index contributed by atoms with van der Waals surface area (Å²) in [5.74, 6) is 1.06. The summed E-state index contributed by atoms with van der Waals surface area (Å²) in [6.07, 6.45) is 1.61. The van der Waals surface area contributed by atoms with Crippen molar-refractivity contribution < 1.29 is 28.6 Å². The first-order valence-electron chi connectivity index (χ1n) is 14.7. The van der Waals surface area contributed by atoms with Gasteiger partial charge in [0.25, 0.3) is 16.6 Å². The first kappa shape index (κ1) is 36.1. The molecule has 0 N–H and O–H groups in total. The molecule has 48 heavy (non-hydrogen) atoms. The van der Waals surface area contributed by atoms with Gasteiger partial charge in [-0.2, -0.15) is 0 Å². The van der Waals surface area contributed by atoms with Crippen molar-refractivity contribution >= 4 is 68.2 Å². The monoisotopic (exact) mass is 710 g/mol. The van der Waals surface area contributed by atoms with Crippen LogP contribution in [0.3, 0.4) is 0 Å². The Hall–Kier alpha value is -4.77. The molecule has 10 nitrogen and oxygen atoms in total. The fraction of sp³-hybridized carbons (Fsp3) is 0.200. The van der Waals surface area contributed by atoms with Gasteiger partial charge in [-0.3, -0.25) is 29.8 Å². The summed E-state index contributed by atoms with van der Waals surface area (Å²) < 4.78 is 11.5. The number of nitro benzene ring substituents is 2. The number of ketones is 1. The number of rotatable bonds is 7. The Kier molecular flexibility index (Phi) is 11.6. The van der Waals surface area contributed by atoms with Gasteiger partial charge < -0.3 is 9.15 Å². The maximum absolute atomic E-state index is 13.2. The topological polar surface area (TPSA) is 143 Å². The molecule has 13 heteroatoms. The molecule has 0 spiro atoms. The molecule has 1 aliphatic heterocycles. The van der Waals surface area contributed by atoms with Gasteiger partial charge in [-0.1, -0.05) is 73.4 Å². The van der Waals surface area contributed by atoms with Crippen LogP contribution in [0, 0.1) is 20.2 Å². The molecule has 0 saturated heterocycles. The van der Waals surface area contributed by atoms with E-state index in [1.165, 1.54) is 35.7 Å². The van der Waals surface area contributed by atoms with Crippen molar-refractivity contribution in [1.82, 2.24) is 0 Å². The second-order valence-electron chi connectivity index (χ2n) is 10.8. The van der Waals surface area contributed by atoms with Crippen LogP contribution in [0.25, 0.3) is 11.0 Å². The number of hydrogen-bond acceptors (Lipinski definition) is 8. The van der Waals surface area contributed by atoms with Crippen molar-refractivity contribution in [1.29, 1.82) is 0 Å². The van der Waals surface area contributed by atoms with E-state index in [9.17, 15) is 29.8 Å². The quantitative estimate of drug-likeness (QED) is 0.0702. The lowest BCUT2D eigenvalue weighted by Crippen LogP contribution is -2.38. The molecule has 0 aliphatic carbocycles. The van der Waals surface area contributed by atoms with Crippen LogP contribution in [-0.2, 0) is 6.42 Å². The van der Waals surface area contributed by atoms with Crippen LogP contribution < -0.4 is 4.74 Å². The van der Waals surface area contributed by atoms with Gasteiger partial charge in [0, 0.05) is 47.2 Å². The summed E-state index contributed by atoms with van der Waals surface area (Å²) >= 11 is 16.8. The molecule has 0 saturated carbocycles. The number of nitrogens with zero attached hydrogens (tertiary/aromatic N) is 2. The molecule has 5 aromatic rings. The summed E-state index contributed by atoms with van der Waals surface area (Å²) in [5.41, 5.74) is 1.16. The van der Waals surface area contributed by atoms with Gasteiger partial charge in [0.1, 0.15) is 22.7 Å². The first-order chi connectivity index (χ1) is 22.8. The molecule has 2 unspecified atom stereocenters. The van der Waals surface area contributed by atoms with Crippen LogP contribution in [0.2, 0.25) is 10.0 Å². The number of nitro groups is 2. The number of carbonyl (C=O) groups is 2. The predicted molar refractivity (Wildman–Crippen MR) is 185 cm³/mol. The molecule has 0 fully saturated rings. The highest BCUT2D eigenvalue weighted by molar-refractivity contribution is 6.68. The Morgan fingerprint density at radius 1 is 0.812 bits per heavy atom. The largest absolute Gasteiger partial charge is 0.486 e. The number of para-hydroxylation sites is 2. The van der Waals surface area contributed by atoms with Gasteiger partial charge in [0.05, 0.1) is 31.4 Å². The fourth-order valence-electron chi connectivity index (χ4n) is 5.11. The number of furan rings is 1. The Morgan fingerprint density at radius 2 is 1.38 bits per heavy atom. The van der Waals surface area contributed by atoms with E-state index >= 15 is 0 Å². The van der Waals surface area contributed by atoms with Crippen molar-refractivity contribution in [3.05, 3.63) is 144 Å². The zero-order valence-corrected chi connectivity index (χ0v) is 28.2. The van der Waals surface area contributed by atoms with E-state index in [1.54, 1.807) is 0 Å². The van der Waals surface area contributed by atoms with E-state index in [-0.39, 0.29) is 38.3 Å². The second-order valence-corrected chi connectivity index (χ2v) is 12.0. The third-order valence-electron chi connectivity index (χ3n) is 7.78. The van der Waals surface area contributed by atoms with Gasteiger partial charge >= 0.3 is 0 Å². The van der Waals surface area contributed by atoms with Crippen LogP contribution in [0.15, 0.2) is 95.4 Å². The summed E-state index contributed by atoms with van der Waals surface area (Å²) in [4.78, 5) is 43.8. The van der Waals surface area contributed by atoms with Crippen LogP contribution in [0.1, 0.15) is 65.1 Å². The minimum Gasteiger partial charge on any atom is -0.486 e. The number of fused-ring (bicyclic) bond motifs is 2. The number of carbonyl (C=O) groups excluding carboxylic acids is 2. The first-order valence-corrected chi connectivity index (χ1v) is 15.8. The minimum absolute atomic E-state index is 0.0193. The lowest BCUT2D eigenvalue weighted by molar-refractivity contribution is -0.385. The average molecular weight is 712 g/mol. The van der Waals surface area contributed by atoms with Crippen LogP contribution >= 0.6 is 34.8 Å². The summed E-state index contributed by atoms with van der Waals surface area (Å²) in [5, 5.41) is 21.6. The molecule has 4 aromatic carbocycles. The Labute approximate surface area is 290 Å².